The number of aromatic hydroxyl groups is 1. The Morgan fingerprint density at radius 2 is 1.92 bits per heavy atom. The van der Waals surface area contributed by atoms with Crippen LogP contribution in [0.3, 0.4) is 0 Å². The number of rotatable bonds is 8. The molecule has 1 aliphatic heterocycles. The first-order valence-electron chi connectivity index (χ1n) is 11.0. The smallest absolute Gasteiger partial charge is 0.271 e. The van der Waals surface area contributed by atoms with Gasteiger partial charge in [-0.05, 0) is 42.0 Å². The van der Waals surface area contributed by atoms with Crippen LogP contribution < -0.4 is 5.56 Å². The molecule has 7 nitrogen and oxygen atoms in total. The third-order valence-electron chi connectivity index (χ3n) is 5.80. The van der Waals surface area contributed by atoms with Gasteiger partial charge in [0.2, 0.25) is 5.88 Å². The van der Waals surface area contributed by atoms with Crippen molar-refractivity contribution in [1.82, 2.24) is 9.47 Å². The maximum absolute atomic E-state index is 13.2. The molecule has 1 N–H and O–H groups in total. The van der Waals surface area contributed by atoms with E-state index >= 15 is 0 Å². The molecular formula is C26H21N3O4S3. The van der Waals surface area contributed by atoms with Gasteiger partial charge in [0, 0.05) is 24.4 Å². The van der Waals surface area contributed by atoms with Crippen molar-refractivity contribution in [3.05, 3.63) is 90.2 Å². The Bertz CT molecular complexity index is 1470. The number of thioether (sulfide) groups is 1. The van der Waals surface area contributed by atoms with Crippen LogP contribution in [0.2, 0.25) is 0 Å². The average Bonchev–Trinajstić information content (AvgIpc) is 3.46. The minimum absolute atomic E-state index is 0.0230. The van der Waals surface area contributed by atoms with Crippen LogP contribution in [0.25, 0.3) is 6.08 Å². The third-order valence-corrected chi connectivity index (χ3v) is 8.00. The standard InChI is InChI=1S/C26H21N3O4S3/c1-16-19(15-27)23(31)28(11-9-17-6-3-2-4-7-17)25(33)22(16)20(30)10-12-29-24(32)21(36-26(29)34)14-18-8-5-13-35-18/h2-8,13-14,33H,9-12H2,1H3/b21-14-. The number of thiophene rings is 1. The fourth-order valence-electron chi connectivity index (χ4n) is 3.91. The van der Waals surface area contributed by atoms with Gasteiger partial charge in [0.15, 0.2) is 5.78 Å². The maximum atomic E-state index is 13.2. The van der Waals surface area contributed by atoms with Crippen LogP contribution in [0.15, 0.2) is 57.5 Å². The van der Waals surface area contributed by atoms with Crippen molar-refractivity contribution in [2.24, 2.45) is 0 Å². The second-order valence-corrected chi connectivity index (χ2v) is 10.7. The number of thiocarbonyl (C=S) groups is 1. The molecule has 0 unspecified atom stereocenters. The van der Waals surface area contributed by atoms with E-state index in [1.165, 1.54) is 34.9 Å². The van der Waals surface area contributed by atoms with Crippen LogP contribution >= 0.6 is 35.3 Å². The predicted octanol–water partition coefficient (Wildman–Crippen LogP) is 4.51. The molecule has 0 saturated carbocycles. The Morgan fingerprint density at radius 1 is 1.17 bits per heavy atom. The van der Waals surface area contributed by atoms with Crippen molar-refractivity contribution >= 4 is 57.4 Å². The molecule has 0 radical (unpaired) electrons. The second kappa shape index (κ2) is 11.0. The number of carbonyl (C=O) groups excluding carboxylic acids is 2. The van der Waals surface area contributed by atoms with Gasteiger partial charge in [-0.3, -0.25) is 23.9 Å². The Balaban J connectivity index is 1.56. The summed E-state index contributed by atoms with van der Waals surface area (Å²) in [5.41, 5.74) is 0.160. The predicted molar refractivity (Wildman–Crippen MR) is 145 cm³/mol. The van der Waals surface area contributed by atoms with Crippen LogP contribution in [-0.4, -0.2) is 37.1 Å². The third kappa shape index (κ3) is 5.18. The molecule has 0 aliphatic carbocycles. The van der Waals surface area contributed by atoms with Gasteiger partial charge >= 0.3 is 0 Å². The lowest BCUT2D eigenvalue weighted by molar-refractivity contribution is -0.122. The topological polar surface area (TPSA) is 103 Å². The SMILES string of the molecule is Cc1c(C(=O)CCN2C(=O)/C(=C/c3cccs3)SC2=S)c(O)n(CCc2ccccc2)c(=O)c1C#N. The first-order chi connectivity index (χ1) is 17.3. The number of hydrogen-bond acceptors (Lipinski definition) is 8. The minimum Gasteiger partial charge on any atom is -0.494 e. The van der Waals surface area contributed by atoms with Crippen LogP contribution in [0.4, 0.5) is 0 Å². The monoisotopic (exact) mass is 535 g/mol. The molecule has 0 bridgehead atoms. The van der Waals surface area contributed by atoms with E-state index < -0.39 is 17.2 Å². The van der Waals surface area contributed by atoms with Crippen LogP contribution in [-0.2, 0) is 17.8 Å². The van der Waals surface area contributed by atoms with Crippen LogP contribution in [0, 0.1) is 18.3 Å². The van der Waals surface area contributed by atoms with E-state index in [9.17, 15) is 24.8 Å². The molecule has 3 heterocycles. The number of ketones is 1. The Hall–Kier alpha value is -3.52. The molecular weight excluding hydrogens is 515 g/mol. The molecule has 10 heteroatoms. The van der Waals surface area contributed by atoms with Crippen molar-refractivity contribution < 1.29 is 14.7 Å². The number of benzene rings is 1. The summed E-state index contributed by atoms with van der Waals surface area (Å²) in [4.78, 5) is 41.7. The number of hydrogen-bond donors (Lipinski definition) is 1. The number of carbonyl (C=O) groups is 2. The molecule has 1 fully saturated rings. The highest BCUT2D eigenvalue weighted by molar-refractivity contribution is 8.26. The summed E-state index contributed by atoms with van der Waals surface area (Å²) in [7, 11) is 0. The van der Waals surface area contributed by atoms with Crippen molar-refractivity contribution in [2.45, 2.75) is 26.3 Å². The quantitative estimate of drug-likeness (QED) is 0.257. The largest absolute Gasteiger partial charge is 0.494 e. The van der Waals surface area contributed by atoms with Crippen molar-refractivity contribution in [1.29, 1.82) is 5.26 Å². The normalized spacial score (nSPS) is 14.4. The van der Waals surface area contributed by atoms with Gasteiger partial charge in [0.05, 0.1) is 10.5 Å². The highest BCUT2D eigenvalue weighted by Crippen LogP contribution is 2.33. The fourth-order valence-corrected chi connectivity index (χ4v) is 5.94. The highest BCUT2D eigenvalue weighted by atomic mass is 32.2. The fraction of sp³-hybridized carbons (Fsp3) is 0.192. The number of amides is 1. The zero-order valence-electron chi connectivity index (χ0n) is 19.3. The van der Waals surface area contributed by atoms with Gasteiger partial charge in [-0.2, -0.15) is 5.26 Å². The van der Waals surface area contributed by atoms with E-state index in [1.54, 1.807) is 6.08 Å². The van der Waals surface area contributed by atoms with Crippen molar-refractivity contribution in [3.8, 4) is 11.9 Å². The van der Waals surface area contributed by atoms with Gasteiger partial charge in [-0.1, -0.05) is 60.4 Å². The summed E-state index contributed by atoms with van der Waals surface area (Å²) in [6, 6.07) is 15.0. The van der Waals surface area contributed by atoms with E-state index in [1.807, 2.05) is 53.9 Å². The van der Waals surface area contributed by atoms with Gasteiger partial charge in [-0.25, -0.2) is 0 Å². The van der Waals surface area contributed by atoms with Crippen molar-refractivity contribution in [3.63, 3.8) is 0 Å². The molecule has 1 saturated heterocycles. The van der Waals surface area contributed by atoms with Crippen molar-refractivity contribution in [2.75, 3.05) is 6.54 Å². The van der Waals surface area contributed by atoms with E-state index in [4.69, 9.17) is 12.2 Å². The molecule has 36 heavy (non-hydrogen) atoms. The van der Waals surface area contributed by atoms with Gasteiger partial charge < -0.3 is 5.11 Å². The summed E-state index contributed by atoms with van der Waals surface area (Å²) in [6.45, 7) is 1.60. The molecule has 1 amide bonds. The molecule has 0 spiro atoms. The lowest BCUT2D eigenvalue weighted by Gasteiger charge is -2.17. The Labute approximate surface area is 221 Å². The lowest BCUT2D eigenvalue weighted by Crippen LogP contribution is -2.31. The summed E-state index contributed by atoms with van der Waals surface area (Å²) in [5, 5.41) is 22.4. The Morgan fingerprint density at radius 3 is 2.58 bits per heavy atom. The zero-order chi connectivity index (χ0) is 25.8. The number of aromatic nitrogens is 1. The van der Waals surface area contributed by atoms with Gasteiger partial charge in [-0.15, -0.1) is 11.3 Å². The molecule has 1 aromatic carbocycles. The molecule has 4 rings (SSSR count). The molecule has 182 valence electrons. The van der Waals surface area contributed by atoms with E-state index in [-0.39, 0.29) is 42.1 Å². The molecule has 1 aliphatic rings. The zero-order valence-corrected chi connectivity index (χ0v) is 21.7. The van der Waals surface area contributed by atoms with E-state index in [2.05, 4.69) is 0 Å². The number of nitriles is 1. The van der Waals surface area contributed by atoms with Gasteiger partial charge in [0.1, 0.15) is 16.0 Å². The van der Waals surface area contributed by atoms with E-state index in [0.717, 1.165) is 15.0 Å². The molecule has 3 aromatic rings. The summed E-state index contributed by atoms with van der Waals surface area (Å²) < 4.78 is 1.41. The van der Waals surface area contributed by atoms with Crippen LogP contribution in [0.5, 0.6) is 5.88 Å². The summed E-state index contributed by atoms with van der Waals surface area (Å²) in [6.07, 6.45) is 2.07. The lowest BCUT2D eigenvalue weighted by atomic mass is 9.99. The Kier molecular flexibility index (Phi) is 7.84. The molecule has 2 aromatic heterocycles. The number of pyridine rings is 1. The number of Topliss-reactive ketones (excluding diaryl/α,β-unsaturated/α-hetero) is 1. The first kappa shape index (κ1) is 25.6. The average molecular weight is 536 g/mol. The number of aryl methyl sites for hydroxylation is 1. The summed E-state index contributed by atoms with van der Waals surface area (Å²) >= 11 is 8.03. The molecule has 0 atom stereocenters. The minimum atomic E-state index is -0.643. The maximum Gasteiger partial charge on any atom is 0.271 e. The first-order valence-corrected chi connectivity index (χ1v) is 13.1. The second-order valence-electron chi connectivity index (χ2n) is 8.02. The summed E-state index contributed by atoms with van der Waals surface area (Å²) in [5.74, 6) is -1.23. The van der Waals surface area contributed by atoms with E-state index in [0.29, 0.717) is 15.6 Å². The van der Waals surface area contributed by atoms with Crippen LogP contribution in [0.1, 0.15) is 38.3 Å². The number of nitrogens with zero attached hydrogens (tertiary/aromatic N) is 3. The van der Waals surface area contributed by atoms with Gasteiger partial charge in [0.25, 0.3) is 11.5 Å². The highest BCUT2D eigenvalue weighted by Gasteiger charge is 2.33.